The molecule has 0 aromatic carbocycles. The summed E-state index contributed by atoms with van der Waals surface area (Å²) < 4.78 is 0. The Balaban J connectivity index is 3.11. The fourth-order valence-electron chi connectivity index (χ4n) is 3.29. The molecule has 2 nitrogen and oxygen atoms in total. The second-order valence-corrected chi connectivity index (χ2v) is 8.72. The van der Waals surface area contributed by atoms with E-state index < -0.39 is 5.97 Å². The van der Waals surface area contributed by atoms with E-state index in [0.29, 0.717) is 0 Å². The second kappa shape index (κ2) is 8.51. The lowest BCUT2D eigenvalue weighted by Gasteiger charge is -2.33. The molecule has 0 aromatic rings. The third-order valence-corrected chi connectivity index (χ3v) is 4.82. The number of rotatable bonds is 5. The summed E-state index contributed by atoms with van der Waals surface area (Å²) >= 11 is 0. The Kier molecular flexibility index (Phi) is 7.22. The molecule has 0 amide bonds. The number of carboxylic acid groups (broad SMARTS) is 1. The first-order chi connectivity index (χ1) is 11.4. The fourth-order valence-corrected chi connectivity index (χ4v) is 3.29. The number of carboxylic acids is 1. The zero-order valence-electron chi connectivity index (χ0n) is 16.9. The molecule has 0 atom stereocenters. The fraction of sp³-hybridized carbons (Fsp3) is 0.522. The minimum absolute atomic E-state index is 0.0263. The van der Waals surface area contributed by atoms with Gasteiger partial charge in [-0.1, -0.05) is 70.6 Å². The number of hydrogen-bond donors (Lipinski definition) is 1. The summed E-state index contributed by atoms with van der Waals surface area (Å²) in [4.78, 5) is 10.7. The van der Waals surface area contributed by atoms with Gasteiger partial charge >= 0.3 is 5.97 Å². The molecule has 0 bridgehead atoms. The van der Waals surface area contributed by atoms with Crippen molar-refractivity contribution in [1.29, 1.82) is 0 Å². The summed E-state index contributed by atoms with van der Waals surface area (Å²) in [7, 11) is 0. The molecule has 1 aliphatic rings. The van der Waals surface area contributed by atoms with Crippen molar-refractivity contribution in [2.45, 2.75) is 67.7 Å². The van der Waals surface area contributed by atoms with Crippen LogP contribution in [0.1, 0.15) is 67.7 Å². The average Bonchev–Trinajstić information content (AvgIpc) is 2.42. The Labute approximate surface area is 153 Å². The van der Waals surface area contributed by atoms with Crippen molar-refractivity contribution in [3.8, 4) is 0 Å². The van der Waals surface area contributed by atoms with Crippen LogP contribution in [0.3, 0.4) is 0 Å². The van der Waals surface area contributed by atoms with E-state index in [2.05, 4.69) is 59.8 Å². The van der Waals surface area contributed by atoms with Gasteiger partial charge in [-0.05, 0) is 60.7 Å². The molecular weight excluding hydrogens is 308 g/mol. The van der Waals surface area contributed by atoms with Crippen LogP contribution < -0.4 is 0 Å². The number of hydrogen-bond acceptors (Lipinski definition) is 1. The molecule has 1 N–H and O–H groups in total. The van der Waals surface area contributed by atoms with E-state index in [9.17, 15) is 4.79 Å². The second-order valence-electron chi connectivity index (χ2n) is 8.72. The third-order valence-electron chi connectivity index (χ3n) is 4.82. The first-order valence-corrected chi connectivity index (χ1v) is 9.12. The molecule has 0 heterocycles. The first kappa shape index (κ1) is 21.2. The largest absolute Gasteiger partial charge is 0.478 e. The lowest BCUT2D eigenvalue weighted by atomic mass is 9.72. The van der Waals surface area contributed by atoms with Gasteiger partial charge in [0.2, 0.25) is 0 Å². The lowest BCUT2D eigenvalue weighted by molar-refractivity contribution is -0.131. The first-order valence-electron chi connectivity index (χ1n) is 9.12. The molecule has 1 aliphatic carbocycles. The molecule has 0 saturated heterocycles. The van der Waals surface area contributed by atoms with Gasteiger partial charge in [0.1, 0.15) is 0 Å². The van der Waals surface area contributed by atoms with Crippen LogP contribution in [0.4, 0.5) is 0 Å². The van der Waals surface area contributed by atoms with Crippen LogP contribution in [0.2, 0.25) is 0 Å². The van der Waals surface area contributed by atoms with Gasteiger partial charge in [-0.2, -0.15) is 0 Å². The van der Waals surface area contributed by atoms with Crippen LogP contribution in [0.15, 0.2) is 58.7 Å². The van der Waals surface area contributed by atoms with E-state index >= 15 is 0 Å². The molecule has 0 spiro atoms. The van der Waals surface area contributed by atoms with Crippen LogP contribution in [-0.2, 0) is 4.79 Å². The Bertz CT molecular complexity index is 644. The van der Waals surface area contributed by atoms with E-state index in [1.807, 2.05) is 12.2 Å². The maximum Gasteiger partial charge on any atom is 0.328 e. The maximum absolute atomic E-state index is 10.7. The Morgan fingerprint density at radius 2 is 1.84 bits per heavy atom. The SMILES string of the molecule is CC1=C(/C=C/C(=C/C=C/C(C)=C/C(=O)O)C(C)(C)C)C(C)(C)CCC1. The molecule has 25 heavy (non-hydrogen) atoms. The Morgan fingerprint density at radius 3 is 2.36 bits per heavy atom. The van der Waals surface area contributed by atoms with Crippen LogP contribution >= 0.6 is 0 Å². The molecule has 0 aliphatic heterocycles. The highest BCUT2D eigenvalue weighted by atomic mass is 16.4. The van der Waals surface area contributed by atoms with Crippen LogP contribution in [0, 0.1) is 10.8 Å². The van der Waals surface area contributed by atoms with E-state index in [4.69, 9.17) is 5.11 Å². The van der Waals surface area contributed by atoms with Gasteiger partial charge in [0, 0.05) is 6.08 Å². The van der Waals surface area contributed by atoms with Crippen molar-refractivity contribution in [3.63, 3.8) is 0 Å². The van der Waals surface area contributed by atoms with Crippen LogP contribution in [0.25, 0.3) is 0 Å². The number of carbonyl (C=O) groups is 1. The smallest absolute Gasteiger partial charge is 0.328 e. The molecule has 0 saturated carbocycles. The Morgan fingerprint density at radius 1 is 1.20 bits per heavy atom. The summed E-state index contributed by atoms with van der Waals surface area (Å²) in [6, 6.07) is 0. The monoisotopic (exact) mass is 342 g/mol. The van der Waals surface area contributed by atoms with Crippen molar-refractivity contribution < 1.29 is 9.90 Å². The highest BCUT2D eigenvalue weighted by Gasteiger charge is 2.26. The lowest BCUT2D eigenvalue weighted by Crippen LogP contribution is -2.19. The predicted octanol–water partition coefficient (Wildman–Crippen LogP) is 6.63. The molecule has 0 unspecified atom stereocenters. The molecule has 0 aromatic heterocycles. The van der Waals surface area contributed by atoms with Crippen molar-refractivity contribution in [2.24, 2.45) is 10.8 Å². The van der Waals surface area contributed by atoms with Crippen molar-refractivity contribution in [2.75, 3.05) is 0 Å². The zero-order chi connectivity index (χ0) is 19.3. The maximum atomic E-state index is 10.7. The van der Waals surface area contributed by atoms with Crippen molar-refractivity contribution >= 4 is 5.97 Å². The van der Waals surface area contributed by atoms with E-state index in [1.165, 1.54) is 42.1 Å². The molecule has 1 rings (SSSR count). The molecule has 2 heteroatoms. The zero-order valence-corrected chi connectivity index (χ0v) is 16.9. The average molecular weight is 343 g/mol. The summed E-state index contributed by atoms with van der Waals surface area (Å²) in [5, 5.41) is 8.78. The van der Waals surface area contributed by atoms with Crippen molar-refractivity contribution in [1.82, 2.24) is 0 Å². The summed E-state index contributed by atoms with van der Waals surface area (Å²) in [6.07, 6.45) is 15.3. The third kappa shape index (κ3) is 6.89. The van der Waals surface area contributed by atoms with E-state index in [1.54, 1.807) is 6.92 Å². The predicted molar refractivity (Wildman–Crippen MR) is 108 cm³/mol. The summed E-state index contributed by atoms with van der Waals surface area (Å²) in [5.41, 5.74) is 5.18. The Hall–Kier alpha value is -1.83. The van der Waals surface area contributed by atoms with Crippen LogP contribution in [-0.4, -0.2) is 11.1 Å². The molecule has 138 valence electrons. The molecule has 0 radical (unpaired) electrons. The molecular formula is C23H34O2. The molecule has 0 fully saturated rings. The number of aliphatic carboxylic acids is 1. The normalized spacial score (nSPS) is 20.0. The van der Waals surface area contributed by atoms with Gasteiger partial charge < -0.3 is 5.11 Å². The summed E-state index contributed by atoms with van der Waals surface area (Å²) in [5.74, 6) is -0.913. The summed E-state index contributed by atoms with van der Waals surface area (Å²) in [6.45, 7) is 15.3. The standard InChI is InChI=1S/C23H34O2/c1-17(16-21(24)25)10-8-12-19(22(3,4)5)13-14-20-18(2)11-9-15-23(20,6)7/h8,10,12-14,16H,9,11,15H2,1-7H3,(H,24,25)/b10-8+,14-13+,17-16+,19-12-. The minimum Gasteiger partial charge on any atom is -0.478 e. The quantitative estimate of drug-likeness (QED) is 0.450. The van der Waals surface area contributed by atoms with E-state index in [0.717, 1.165) is 5.57 Å². The van der Waals surface area contributed by atoms with Gasteiger partial charge in [0.15, 0.2) is 0 Å². The van der Waals surface area contributed by atoms with Gasteiger partial charge in [-0.3, -0.25) is 0 Å². The van der Waals surface area contributed by atoms with Gasteiger partial charge in [-0.25, -0.2) is 4.79 Å². The van der Waals surface area contributed by atoms with Crippen LogP contribution in [0.5, 0.6) is 0 Å². The number of allylic oxidation sites excluding steroid dienone is 9. The highest BCUT2D eigenvalue weighted by Crippen LogP contribution is 2.41. The van der Waals surface area contributed by atoms with E-state index in [-0.39, 0.29) is 10.8 Å². The van der Waals surface area contributed by atoms with Gasteiger partial charge in [0.25, 0.3) is 0 Å². The van der Waals surface area contributed by atoms with Gasteiger partial charge in [0.05, 0.1) is 0 Å². The topological polar surface area (TPSA) is 37.3 Å². The van der Waals surface area contributed by atoms with Crippen molar-refractivity contribution in [3.05, 3.63) is 58.7 Å². The minimum atomic E-state index is -0.913. The van der Waals surface area contributed by atoms with Gasteiger partial charge in [-0.15, -0.1) is 0 Å². The highest BCUT2D eigenvalue weighted by molar-refractivity contribution is 5.81.